The van der Waals surface area contributed by atoms with E-state index in [9.17, 15) is 4.79 Å². The SMILES string of the molecule is N#Cc1ccc(Oc2cccc(NC(=O)NCC3CCC3)c2)nc1. The Morgan fingerprint density at radius 3 is 2.88 bits per heavy atom. The zero-order chi connectivity index (χ0) is 16.8. The molecule has 0 atom stereocenters. The van der Waals surface area contributed by atoms with Crippen LogP contribution in [0.25, 0.3) is 0 Å². The minimum absolute atomic E-state index is 0.212. The molecule has 1 aliphatic rings. The zero-order valence-electron chi connectivity index (χ0n) is 13.2. The van der Waals surface area contributed by atoms with Gasteiger partial charge in [0.05, 0.1) is 5.56 Å². The van der Waals surface area contributed by atoms with Crippen molar-refractivity contribution in [1.29, 1.82) is 5.26 Å². The summed E-state index contributed by atoms with van der Waals surface area (Å²) >= 11 is 0. The van der Waals surface area contributed by atoms with Crippen molar-refractivity contribution in [2.24, 2.45) is 5.92 Å². The predicted molar refractivity (Wildman–Crippen MR) is 89.8 cm³/mol. The molecule has 2 N–H and O–H groups in total. The average molecular weight is 322 g/mol. The number of hydrogen-bond donors (Lipinski definition) is 2. The highest BCUT2D eigenvalue weighted by molar-refractivity contribution is 5.89. The van der Waals surface area contributed by atoms with E-state index in [0.717, 1.165) is 6.54 Å². The number of hydrogen-bond acceptors (Lipinski definition) is 4. The van der Waals surface area contributed by atoms with Crippen molar-refractivity contribution in [2.45, 2.75) is 19.3 Å². The molecule has 1 heterocycles. The molecule has 0 unspecified atom stereocenters. The number of nitrogens with zero attached hydrogens (tertiary/aromatic N) is 2. The number of nitriles is 1. The normalized spacial score (nSPS) is 13.5. The zero-order valence-corrected chi connectivity index (χ0v) is 13.2. The van der Waals surface area contributed by atoms with Crippen LogP contribution in [0, 0.1) is 17.2 Å². The predicted octanol–water partition coefficient (Wildman–Crippen LogP) is 3.67. The minimum atomic E-state index is -0.212. The molecule has 0 aliphatic heterocycles. The number of ether oxygens (including phenoxy) is 1. The summed E-state index contributed by atoms with van der Waals surface area (Å²) in [6.07, 6.45) is 5.10. The van der Waals surface area contributed by atoms with E-state index < -0.39 is 0 Å². The third kappa shape index (κ3) is 4.23. The van der Waals surface area contributed by atoms with Crippen molar-refractivity contribution in [3.05, 3.63) is 48.2 Å². The lowest BCUT2D eigenvalue weighted by Crippen LogP contribution is -2.35. The first-order valence-corrected chi connectivity index (χ1v) is 7.92. The summed E-state index contributed by atoms with van der Waals surface area (Å²) in [6, 6.07) is 12.1. The van der Waals surface area contributed by atoms with Crippen molar-refractivity contribution >= 4 is 11.7 Å². The molecule has 6 nitrogen and oxygen atoms in total. The highest BCUT2D eigenvalue weighted by Crippen LogP contribution is 2.25. The fourth-order valence-corrected chi connectivity index (χ4v) is 2.37. The highest BCUT2D eigenvalue weighted by Gasteiger charge is 2.17. The van der Waals surface area contributed by atoms with Gasteiger partial charge in [0.15, 0.2) is 0 Å². The van der Waals surface area contributed by atoms with Crippen molar-refractivity contribution in [3.63, 3.8) is 0 Å². The van der Waals surface area contributed by atoms with E-state index in [4.69, 9.17) is 10.00 Å². The van der Waals surface area contributed by atoms with Crippen LogP contribution in [0.3, 0.4) is 0 Å². The molecule has 122 valence electrons. The summed E-state index contributed by atoms with van der Waals surface area (Å²) in [5.41, 5.74) is 1.12. The molecule has 1 saturated carbocycles. The number of amides is 2. The summed E-state index contributed by atoms with van der Waals surface area (Å²) in [4.78, 5) is 15.9. The molecule has 2 aromatic rings. The van der Waals surface area contributed by atoms with Gasteiger partial charge in [-0.2, -0.15) is 5.26 Å². The largest absolute Gasteiger partial charge is 0.439 e. The lowest BCUT2D eigenvalue weighted by molar-refractivity contribution is 0.243. The van der Waals surface area contributed by atoms with E-state index in [1.807, 2.05) is 6.07 Å². The second kappa shape index (κ2) is 7.47. The number of aromatic nitrogens is 1. The van der Waals surface area contributed by atoms with Crippen LogP contribution in [0.4, 0.5) is 10.5 Å². The molecule has 1 aromatic carbocycles. The maximum Gasteiger partial charge on any atom is 0.319 e. The molecule has 0 radical (unpaired) electrons. The number of benzene rings is 1. The number of rotatable bonds is 5. The highest BCUT2D eigenvalue weighted by atomic mass is 16.5. The summed E-state index contributed by atoms with van der Waals surface area (Å²) in [7, 11) is 0. The van der Waals surface area contributed by atoms with Gasteiger partial charge in [0.25, 0.3) is 0 Å². The van der Waals surface area contributed by atoms with Crippen LogP contribution in [-0.4, -0.2) is 17.6 Å². The summed E-state index contributed by atoms with van der Waals surface area (Å²) < 4.78 is 5.63. The topological polar surface area (TPSA) is 87.0 Å². The maximum absolute atomic E-state index is 11.9. The van der Waals surface area contributed by atoms with E-state index in [1.54, 1.807) is 36.4 Å². The van der Waals surface area contributed by atoms with Crippen LogP contribution in [-0.2, 0) is 0 Å². The van der Waals surface area contributed by atoms with E-state index in [1.165, 1.54) is 25.5 Å². The molecule has 0 saturated heterocycles. The van der Waals surface area contributed by atoms with Gasteiger partial charge >= 0.3 is 6.03 Å². The van der Waals surface area contributed by atoms with Crippen LogP contribution in [0.2, 0.25) is 0 Å². The molecular weight excluding hydrogens is 304 g/mol. The third-order valence-electron chi connectivity index (χ3n) is 3.96. The summed E-state index contributed by atoms with van der Waals surface area (Å²) in [5, 5.41) is 14.4. The van der Waals surface area contributed by atoms with E-state index in [-0.39, 0.29) is 6.03 Å². The van der Waals surface area contributed by atoms with Crippen LogP contribution >= 0.6 is 0 Å². The van der Waals surface area contributed by atoms with Crippen molar-refractivity contribution in [2.75, 3.05) is 11.9 Å². The lowest BCUT2D eigenvalue weighted by atomic mass is 9.85. The summed E-state index contributed by atoms with van der Waals surface area (Å²) in [5.74, 6) is 1.57. The van der Waals surface area contributed by atoms with Crippen molar-refractivity contribution in [3.8, 4) is 17.7 Å². The number of nitrogens with one attached hydrogen (secondary N) is 2. The molecule has 1 fully saturated rings. The van der Waals surface area contributed by atoms with Crippen LogP contribution < -0.4 is 15.4 Å². The number of carbonyl (C=O) groups is 1. The van der Waals surface area contributed by atoms with Gasteiger partial charge in [-0.25, -0.2) is 9.78 Å². The Bertz CT molecular complexity index is 748. The molecule has 1 aromatic heterocycles. The lowest BCUT2D eigenvalue weighted by Gasteiger charge is -2.25. The van der Waals surface area contributed by atoms with Gasteiger partial charge in [0, 0.05) is 30.6 Å². The Morgan fingerprint density at radius 1 is 1.33 bits per heavy atom. The fourth-order valence-electron chi connectivity index (χ4n) is 2.37. The molecule has 0 bridgehead atoms. The second-order valence-electron chi connectivity index (χ2n) is 5.76. The van der Waals surface area contributed by atoms with E-state index in [0.29, 0.717) is 28.8 Å². The van der Waals surface area contributed by atoms with Gasteiger partial charge in [0.2, 0.25) is 5.88 Å². The van der Waals surface area contributed by atoms with Crippen molar-refractivity contribution in [1.82, 2.24) is 10.3 Å². The maximum atomic E-state index is 11.9. The van der Waals surface area contributed by atoms with Gasteiger partial charge in [-0.3, -0.25) is 0 Å². The Hall–Kier alpha value is -3.07. The minimum Gasteiger partial charge on any atom is -0.439 e. The number of urea groups is 1. The molecule has 2 amide bonds. The van der Waals surface area contributed by atoms with Gasteiger partial charge in [0.1, 0.15) is 11.8 Å². The van der Waals surface area contributed by atoms with Gasteiger partial charge in [-0.05, 0) is 37.0 Å². The Labute approximate surface area is 140 Å². The van der Waals surface area contributed by atoms with Gasteiger partial charge in [-0.1, -0.05) is 12.5 Å². The monoisotopic (exact) mass is 322 g/mol. The van der Waals surface area contributed by atoms with Gasteiger partial charge < -0.3 is 15.4 Å². The smallest absolute Gasteiger partial charge is 0.319 e. The number of pyridine rings is 1. The molecular formula is C18H18N4O2. The molecule has 1 aliphatic carbocycles. The van der Waals surface area contributed by atoms with Crippen LogP contribution in [0.1, 0.15) is 24.8 Å². The number of anilines is 1. The standard InChI is InChI=1S/C18H18N4O2/c19-10-14-7-8-17(20-12-14)24-16-6-2-5-15(9-16)22-18(23)21-11-13-3-1-4-13/h2,5-9,12-13H,1,3-4,11H2,(H2,21,22,23). The van der Waals surface area contributed by atoms with Crippen LogP contribution in [0.5, 0.6) is 11.6 Å². The average Bonchev–Trinajstić information content (AvgIpc) is 2.54. The first-order valence-electron chi connectivity index (χ1n) is 7.92. The van der Waals surface area contributed by atoms with E-state index >= 15 is 0 Å². The number of carbonyl (C=O) groups excluding carboxylic acids is 1. The third-order valence-corrected chi connectivity index (χ3v) is 3.96. The molecule has 0 spiro atoms. The first kappa shape index (κ1) is 15.8. The fraction of sp³-hybridized carbons (Fsp3) is 0.278. The van der Waals surface area contributed by atoms with E-state index in [2.05, 4.69) is 15.6 Å². The Balaban J connectivity index is 1.56. The van der Waals surface area contributed by atoms with Crippen LogP contribution in [0.15, 0.2) is 42.6 Å². The molecule has 24 heavy (non-hydrogen) atoms. The summed E-state index contributed by atoms with van der Waals surface area (Å²) in [6.45, 7) is 0.719. The van der Waals surface area contributed by atoms with Gasteiger partial charge in [-0.15, -0.1) is 0 Å². The van der Waals surface area contributed by atoms with Crippen molar-refractivity contribution < 1.29 is 9.53 Å². The second-order valence-corrected chi connectivity index (χ2v) is 5.76. The Morgan fingerprint density at radius 2 is 2.21 bits per heavy atom. The molecule has 3 rings (SSSR count). The quantitative estimate of drug-likeness (QED) is 0.879. The Kier molecular flexibility index (Phi) is 4.92. The first-order chi connectivity index (χ1) is 11.7. The molecule has 6 heteroatoms.